The molecule has 1 aliphatic rings. The van der Waals surface area contributed by atoms with E-state index in [1.165, 1.54) is 12.8 Å². The van der Waals surface area contributed by atoms with Crippen LogP contribution in [0, 0.1) is 0 Å². The summed E-state index contributed by atoms with van der Waals surface area (Å²) in [4.78, 5) is 15.5. The van der Waals surface area contributed by atoms with Gasteiger partial charge in [0.1, 0.15) is 5.52 Å². The zero-order valence-electron chi connectivity index (χ0n) is 11.0. The Hall–Kier alpha value is -1.84. The van der Waals surface area contributed by atoms with Gasteiger partial charge in [-0.3, -0.25) is 0 Å². The van der Waals surface area contributed by atoms with Gasteiger partial charge in [-0.2, -0.15) is 0 Å². The van der Waals surface area contributed by atoms with E-state index in [4.69, 9.17) is 9.52 Å². The average Bonchev–Trinajstić information content (AvgIpc) is 3.04. The number of carboxylic acids is 1. The van der Waals surface area contributed by atoms with Gasteiger partial charge < -0.3 is 9.52 Å². The molecule has 1 aromatic heterocycles. The first kappa shape index (κ1) is 12.2. The predicted molar refractivity (Wildman–Crippen MR) is 71.4 cm³/mol. The number of rotatable bonds is 3. The Morgan fingerprint density at radius 1 is 1.42 bits per heavy atom. The van der Waals surface area contributed by atoms with E-state index < -0.39 is 5.97 Å². The molecule has 1 saturated carbocycles. The van der Waals surface area contributed by atoms with E-state index in [0.29, 0.717) is 5.58 Å². The summed E-state index contributed by atoms with van der Waals surface area (Å²) in [5.41, 5.74) is 1.63. The van der Waals surface area contributed by atoms with E-state index >= 15 is 0 Å². The summed E-state index contributed by atoms with van der Waals surface area (Å²) in [6.07, 6.45) is 5.68. The SMILES string of the molecule is CCC1(c2nc3ccc(C(=O)O)cc3o2)CCCC1. The molecule has 1 heterocycles. The Morgan fingerprint density at radius 3 is 2.79 bits per heavy atom. The van der Waals surface area contributed by atoms with E-state index in [1.807, 2.05) is 0 Å². The molecule has 0 bridgehead atoms. The molecule has 4 heteroatoms. The number of carboxylic acid groups (broad SMARTS) is 1. The molecule has 0 saturated heterocycles. The molecule has 1 aliphatic carbocycles. The monoisotopic (exact) mass is 259 g/mol. The average molecular weight is 259 g/mol. The lowest BCUT2D eigenvalue weighted by atomic mass is 9.83. The van der Waals surface area contributed by atoms with Crippen molar-refractivity contribution in [3.05, 3.63) is 29.7 Å². The maximum atomic E-state index is 11.0. The molecule has 1 aromatic carbocycles. The fraction of sp³-hybridized carbons (Fsp3) is 0.467. The normalized spacial score (nSPS) is 17.9. The maximum absolute atomic E-state index is 11.0. The molecule has 4 nitrogen and oxygen atoms in total. The quantitative estimate of drug-likeness (QED) is 0.911. The number of aromatic nitrogens is 1. The summed E-state index contributed by atoms with van der Waals surface area (Å²) < 4.78 is 5.86. The third-order valence-electron chi connectivity index (χ3n) is 4.33. The van der Waals surface area contributed by atoms with Gasteiger partial charge >= 0.3 is 5.97 Å². The van der Waals surface area contributed by atoms with Crippen LogP contribution in [-0.4, -0.2) is 16.1 Å². The highest BCUT2D eigenvalue weighted by Crippen LogP contribution is 2.44. The maximum Gasteiger partial charge on any atom is 0.335 e. The van der Waals surface area contributed by atoms with Crippen molar-refractivity contribution < 1.29 is 14.3 Å². The Labute approximate surface area is 111 Å². The number of fused-ring (bicyclic) bond motifs is 1. The van der Waals surface area contributed by atoms with Crippen LogP contribution >= 0.6 is 0 Å². The highest BCUT2D eigenvalue weighted by atomic mass is 16.4. The molecule has 1 N–H and O–H groups in total. The number of aromatic carboxylic acids is 1. The van der Waals surface area contributed by atoms with Crippen molar-refractivity contribution in [1.82, 2.24) is 4.98 Å². The van der Waals surface area contributed by atoms with Crippen molar-refractivity contribution in [3.63, 3.8) is 0 Å². The molecule has 2 aromatic rings. The van der Waals surface area contributed by atoms with Crippen LogP contribution < -0.4 is 0 Å². The molecule has 0 spiro atoms. The van der Waals surface area contributed by atoms with Gasteiger partial charge in [-0.25, -0.2) is 9.78 Å². The van der Waals surface area contributed by atoms with Gasteiger partial charge in [0.05, 0.1) is 5.56 Å². The molecular formula is C15H17NO3. The Kier molecular flexibility index (Phi) is 2.81. The van der Waals surface area contributed by atoms with Crippen molar-refractivity contribution in [1.29, 1.82) is 0 Å². The van der Waals surface area contributed by atoms with Crippen LogP contribution in [0.15, 0.2) is 22.6 Å². The molecular weight excluding hydrogens is 242 g/mol. The van der Waals surface area contributed by atoms with E-state index in [2.05, 4.69) is 11.9 Å². The van der Waals surface area contributed by atoms with Gasteiger partial charge in [0, 0.05) is 5.41 Å². The second-order valence-corrected chi connectivity index (χ2v) is 5.35. The summed E-state index contributed by atoms with van der Waals surface area (Å²) in [6.45, 7) is 2.17. The second kappa shape index (κ2) is 4.37. The van der Waals surface area contributed by atoms with Crippen LogP contribution in [0.3, 0.4) is 0 Å². The topological polar surface area (TPSA) is 63.3 Å². The minimum Gasteiger partial charge on any atom is -0.478 e. The minimum absolute atomic E-state index is 0.0579. The molecule has 0 amide bonds. The van der Waals surface area contributed by atoms with Crippen molar-refractivity contribution in [2.75, 3.05) is 0 Å². The highest BCUT2D eigenvalue weighted by Gasteiger charge is 2.38. The first-order valence-electron chi connectivity index (χ1n) is 6.79. The standard InChI is InChI=1S/C15H17NO3/c1-2-15(7-3-4-8-15)14-16-11-6-5-10(13(17)18)9-12(11)19-14/h5-6,9H,2-4,7-8H2,1H3,(H,17,18). The lowest BCUT2D eigenvalue weighted by molar-refractivity contribution is 0.0697. The number of oxazole rings is 1. The smallest absolute Gasteiger partial charge is 0.335 e. The van der Waals surface area contributed by atoms with E-state index in [9.17, 15) is 4.79 Å². The minimum atomic E-state index is -0.939. The zero-order chi connectivity index (χ0) is 13.5. The van der Waals surface area contributed by atoms with Crippen molar-refractivity contribution in [3.8, 4) is 0 Å². The predicted octanol–water partition coefficient (Wildman–Crippen LogP) is 3.75. The number of hydrogen-bond acceptors (Lipinski definition) is 3. The highest BCUT2D eigenvalue weighted by molar-refractivity contribution is 5.91. The molecule has 3 rings (SSSR count). The van der Waals surface area contributed by atoms with Gasteiger partial charge in [-0.05, 0) is 37.5 Å². The van der Waals surface area contributed by atoms with E-state index in [0.717, 1.165) is 30.7 Å². The number of benzene rings is 1. The second-order valence-electron chi connectivity index (χ2n) is 5.35. The summed E-state index contributed by atoms with van der Waals surface area (Å²) in [5, 5.41) is 9.00. The largest absolute Gasteiger partial charge is 0.478 e. The van der Waals surface area contributed by atoms with Crippen LogP contribution in [0.5, 0.6) is 0 Å². The Morgan fingerprint density at radius 2 is 2.16 bits per heavy atom. The van der Waals surface area contributed by atoms with Crippen molar-refractivity contribution >= 4 is 17.1 Å². The third-order valence-corrected chi connectivity index (χ3v) is 4.33. The summed E-state index contributed by atoms with van der Waals surface area (Å²) in [5.74, 6) is -0.157. The molecule has 0 radical (unpaired) electrons. The van der Waals surface area contributed by atoms with E-state index in [1.54, 1.807) is 18.2 Å². The number of carbonyl (C=O) groups is 1. The third kappa shape index (κ3) is 1.91. The summed E-state index contributed by atoms with van der Waals surface area (Å²) in [7, 11) is 0. The van der Waals surface area contributed by atoms with Crippen molar-refractivity contribution in [2.24, 2.45) is 0 Å². The van der Waals surface area contributed by atoms with Gasteiger partial charge in [-0.1, -0.05) is 19.8 Å². The number of nitrogens with zero attached hydrogens (tertiary/aromatic N) is 1. The molecule has 100 valence electrons. The van der Waals surface area contributed by atoms with Crippen molar-refractivity contribution in [2.45, 2.75) is 44.4 Å². The Bertz CT molecular complexity index is 623. The van der Waals surface area contributed by atoms with Gasteiger partial charge in [-0.15, -0.1) is 0 Å². The molecule has 1 fully saturated rings. The van der Waals surface area contributed by atoms with E-state index in [-0.39, 0.29) is 11.0 Å². The first-order valence-corrected chi connectivity index (χ1v) is 6.79. The molecule has 0 atom stereocenters. The fourth-order valence-electron chi connectivity index (χ4n) is 3.05. The van der Waals surface area contributed by atoms with Crippen LogP contribution in [0.2, 0.25) is 0 Å². The zero-order valence-corrected chi connectivity index (χ0v) is 11.0. The molecule has 0 unspecified atom stereocenters. The van der Waals surface area contributed by atoms with Crippen LogP contribution in [-0.2, 0) is 5.41 Å². The first-order chi connectivity index (χ1) is 9.14. The number of hydrogen-bond donors (Lipinski definition) is 1. The van der Waals surface area contributed by atoms with Crippen LogP contribution in [0.4, 0.5) is 0 Å². The van der Waals surface area contributed by atoms with Crippen LogP contribution in [0.1, 0.15) is 55.3 Å². The van der Waals surface area contributed by atoms with Gasteiger partial charge in [0.25, 0.3) is 0 Å². The molecule has 0 aliphatic heterocycles. The van der Waals surface area contributed by atoms with Gasteiger partial charge in [0.15, 0.2) is 5.58 Å². The summed E-state index contributed by atoms with van der Waals surface area (Å²) in [6, 6.07) is 4.86. The lowest BCUT2D eigenvalue weighted by Crippen LogP contribution is -2.20. The molecule has 19 heavy (non-hydrogen) atoms. The lowest BCUT2D eigenvalue weighted by Gasteiger charge is -2.22. The summed E-state index contributed by atoms with van der Waals surface area (Å²) >= 11 is 0. The fourth-order valence-corrected chi connectivity index (χ4v) is 3.05. The Balaban J connectivity index is 2.08. The van der Waals surface area contributed by atoms with Gasteiger partial charge in [0.2, 0.25) is 5.89 Å². The van der Waals surface area contributed by atoms with Crippen LogP contribution in [0.25, 0.3) is 11.1 Å².